The Bertz CT molecular complexity index is 1030. The second kappa shape index (κ2) is 6.88. The Hall–Kier alpha value is -3.73. The summed E-state index contributed by atoms with van der Waals surface area (Å²) in [6, 6.07) is 15.3. The maximum Gasteiger partial charge on any atom is 0.269 e. The molecule has 0 radical (unpaired) electrons. The monoisotopic (exact) mass is 362 g/mol. The summed E-state index contributed by atoms with van der Waals surface area (Å²) >= 11 is 0. The van der Waals surface area contributed by atoms with E-state index in [-0.39, 0.29) is 11.2 Å². The fourth-order valence-corrected chi connectivity index (χ4v) is 2.57. The summed E-state index contributed by atoms with van der Waals surface area (Å²) in [4.78, 5) is 14.6. The predicted octanol–water partition coefficient (Wildman–Crippen LogP) is 4.22. The molecule has 0 spiro atoms. The van der Waals surface area contributed by atoms with Gasteiger partial charge in [0.2, 0.25) is 0 Å². The van der Waals surface area contributed by atoms with E-state index < -0.39 is 4.92 Å². The molecule has 3 rings (SSSR count). The first-order valence-corrected chi connectivity index (χ1v) is 8.27. The zero-order valence-electron chi connectivity index (χ0n) is 15.2. The molecule has 2 heterocycles. The van der Waals surface area contributed by atoms with Gasteiger partial charge in [0.25, 0.3) is 5.69 Å². The normalized spacial score (nSPS) is 11.0. The van der Waals surface area contributed by atoms with Crippen molar-refractivity contribution in [3.63, 3.8) is 0 Å². The Kier molecular flexibility index (Phi) is 4.60. The van der Waals surface area contributed by atoms with Crippen LogP contribution < -0.4 is 5.32 Å². The molecule has 0 fully saturated rings. The third-order valence-electron chi connectivity index (χ3n) is 3.84. The lowest BCUT2D eigenvalue weighted by Crippen LogP contribution is -2.24. The minimum absolute atomic E-state index is 0.0323. The van der Waals surface area contributed by atoms with Gasteiger partial charge in [-0.15, -0.1) is 0 Å². The molecule has 8 nitrogen and oxygen atoms in total. The standard InChI is InChI=1S/C19H18N6O2/c1-19(2,3)24-18(22-17-6-4-5-14(12-20)21-17)11-16(23-24)13-7-9-15(10-8-13)25(26)27/h4-11H,1-3H3,(H,21,22). The van der Waals surface area contributed by atoms with E-state index in [2.05, 4.69) is 15.4 Å². The lowest BCUT2D eigenvalue weighted by atomic mass is 10.1. The summed E-state index contributed by atoms with van der Waals surface area (Å²) in [7, 11) is 0. The van der Waals surface area contributed by atoms with Crippen molar-refractivity contribution in [2.24, 2.45) is 0 Å². The summed E-state index contributed by atoms with van der Waals surface area (Å²) < 4.78 is 1.82. The third kappa shape index (κ3) is 3.93. The van der Waals surface area contributed by atoms with Crippen LogP contribution in [0.15, 0.2) is 48.5 Å². The first-order valence-electron chi connectivity index (χ1n) is 8.27. The molecule has 1 N–H and O–H groups in total. The van der Waals surface area contributed by atoms with Gasteiger partial charge < -0.3 is 5.32 Å². The molecule has 0 bridgehead atoms. The molecular weight excluding hydrogens is 344 g/mol. The number of pyridine rings is 1. The minimum atomic E-state index is -0.432. The number of rotatable bonds is 4. The first kappa shape index (κ1) is 18.1. The van der Waals surface area contributed by atoms with E-state index in [4.69, 9.17) is 5.26 Å². The van der Waals surface area contributed by atoms with Crippen LogP contribution in [-0.4, -0.2) is 19.7 Å². The number of nitro benzene ring substituents is 1. The second-order valence-electron chi connectivity index (χ2n) is 6.95. The molecule has 1 aromatic carbocycles. The Morgan fingerprint density at radius 2 is 1.89 bits per heavy atom. The molecule has 27 heavy (non-hydrogen) atoms. The molecular formula is C19H18N6O2. The molecule has 0 aliphatic rings. The summed E-state index contributed by atoms with van der Waals surface area (Å²) in [6.07, 6.45) is 0. The highest BCUT2D eigenvalue weighted by Crippen LogP contribution is 2.29. The molecule has 0 saturated carbocycles. The van der Waals surface area contributed by atoms with Gasteiger partial charge in [0.1, 0.15) is 23.4 Å². The van der Waals surface area contributed by atoms with E-state index in [1.807, 2.05) is 37.6 Å². The van der Waals surface area contributed by atoms with Gasteiger partial charge in [-0.25, -0.2) is 9.67 Å². The molecule has 0 aliphatic heterocycles. The van der Waals surface area contributed by atoms with Crippen LogP contribution >= 0.6 is 0 Å². The Labute approximate surface area is 156 Å². The Balaban J connectivity index is 2.00. The molecule has 0 unspecified atom stereocenters. The van der Waals surface area contributed by atoms with Crippen LogP contribution in [0.5, 0.6) is 0 Å². The summed E-state index contributed by atoms with van der Waals surface area (Å²) in [5.74, 6) is 1.24. The first-order chi connectivity index (χ1) is 12.8. The van der Waals surface area contributed by atoms with Crippen LogP contribution in [0, 0.1) is 21.4 Å². The zero-order chi connectivity index (χ0) is 19.6. The van der Waals surface area contributed by atoms with Crippen LogP contribution in [0.3, 0.4) is 0 Å². The highest BCUT2D eigenvalue weighted by Gasteiger charge is 2.21. The van der Waals surface area contributed by atoms with Gasteiger partial charge in [0.15, 0.2) is 0 Å². The lowest BCUT2D eigenvalue weighted by molar-refractivity contribution is -0.384. The van der Waals surface area contributed by atoms with Gasteiger partial charge in [-0.3, -0.25) is 10.1 Å². The van der Waals surface area contributed by atoms with E-state index >= 15 is 0 Å². The average Bonchev–Trinajstić information content (AvgIpc) is 3.06. The minimum Gasteiger partial charge on any atom is -0.325 e. The number of hydrogen-bond donors (Lipinski definition) is 1. The van der Waals surface area contributed by atoms with Gasteiger partial charge >= 0.3 is 0 Å². The number of nitriles is 1. The quantitative estimate of drug-likeness (QED) is 0.549. The largest absolute Gasteiger partial charge is 0.325 e. The molecule has 8 heteroatoms. The molecule has 0 atom stereocenters. The van der Waals surface area contributed by atoms with E-state index in [0.717, 1.165) is 5.56 Å². The van der Waals surface area contributed by atoms with Gasteiger partial charge in [-0.05, 0) is 45.0 Å². The number of non-ortho nitro benzene ring substituents is 1. The zero-order valence-corrected chi connectivity index (χ0v) is 15.2. The molecule has 0 saturated heterocycles. The van der Waals surface area contributed by atoms with Crippen LogP contribution in [0.4, 0.5) is 17.3 Å². The van der Waals surface area contributed by atoms with Crippen molar-refractivity contribution >= 4 is 17.3 Å². The Morgan fingerprint density at radius 1 is 1.19 bits per heavy atom. The van der Waals surface area contributed by atoms with Crippen molar-refractivity contribution in [3.05, 3.63) is 64.3 Å². The average molecular weight is 362 g/mol. The molecule has 0 amide bonds. The highest BCUT2D eigenvalue weighted by molar-refractivity contribution is 5.66. The van der Waals surface area contributed by atoms with Crippen molar-refractivity contribution in [3.8, 4) is 17.3 Å². The number of nitrogens with zero attached hydrogens (tertiary/aromatic N) is 5. The van der Waals surface area contributed by atoms with E-state index in [1.165, 1.54) is 12.1 Å². The van der Waals surface area contributed by atoms with Gasteiger partial charge in [0, 0.05) is 23.8 Å². The van der Waals surface area contributed by atoms with E-state index in [9.17, 15) is 10.1 Å². The fraction of sp³-hybridized carbons (Fsp3) is 0.211. The van der Waals surface area contributed by atoms with Crippen LogP contribution in [0.1, 0.15) is 26.5 Å². The molecule has 0 aliphatic carbocycles. The van der Waals surface area contributed by atoms with Crippen molar-refractivity contribution in [1.82, 2.24) is 14.8 Å². The van der Waals surface area contributed by atoms with Crippen LogP contribution in [-0.2, 0) is 5.54 Å². The Morgan fingerprint density at radius 3 is 2.48 bits per heavy atom. The number of nitrogens with one attached hydrogen (secondary N) is 1. The molecule has 136 valence electrons. The maximum atomic E-state index is 10.8. The van der Waals surface area contributed by atoms with Gasteiger partial charge in [-0.1, -0.05) is 6.07 Å². The SMILES string of the molecule is CC(C)(C)n1nc(-c2ccc([N+](=O)[O-])cc2)cc1Nc1cccc(C#N)n1. The summed E-state index contributed by atoms with van der Waals surface area (Å²) in [5, 5.41) is 27.7. The van der Waals surface area contributed by atoms with Crippen molar-refractivity contribution in [2.75, 3.05) is 5.32 Å². The van der Waals surface area contributed by atoms with E-state index in [1.54, 1.807) is 30.3 Å². The van der Waals surface area contributed by atoms with Crippen molar-refractivity contribution in [2.45, 2.75) is 26.3 Å². The lowest BCUT2D eigenvalue weighted by Gasteiger charge is -2.22. The molecule has 2 aromatic heterocycles. The summed E-state index contributed by atoms with van der Waals surface area (Å²) in [6.45, 7) is 6.05. The number of anilines is 2. The van der Waals surface area contributed by atoms with Crippen LogP contribution in [0.25, 0.3) is 11.3 Å². The second-order valence-corrected chi connectivity index (χ2v) is 6.95. The van der Waals surface area contributed by atoms with E-state index in [0.29, 0.717) is 23.0 Å². The van der Waals surface area contributed by atoms with Gasteiger partial charge in [0.05, 0.1) is 16.2 Å². The predicted molar refractivity (Wildman–Crippen MR) is 102 cm³/mol. The topological polar surface area (TPSA) is 110 Å². The fourth-order valence-electron chi connectivity index (χ4n) is 2.57. The number of benzene rings is 1. The highest BCUT2D eigenvalue weighted by atomic mass is 16.6. The third-order valence-corrected chi connectivity index (χ3v) is 3.84. The van der Waals surface area contributed by atoms with Crippen LogP contribution in [0.2, 0.25) is 0 Å². The maximum absolute atomic E-state index is 10.8. The van der Waals surface area contributed by atoms with Crippen molar-refractivity contribution < 1.29 is 4.92 Å². The van der Waals surface area contributed by atoms with Gasteiger partial charge in [-0.2, -0.15) is 10.4 Å². The number of aromatic nitrogens is 3. The van der Waals surface area contributed by atoms with Crippen molar-refractivity contribution in [1.29, 1.82) is 5.26 Å². The summed E-state index contributed by atoms with van der Waals surface area (Å²) in [5.41, 5.74) is 1.49. The molecule has 3 aromatic rings. The number of nitro groups is 1. The number of hydrogen-bond acceptors (Lipinski definition) is 6. The smallest absolute Gasteiger partial charge is 0.269 e.